The van der Waals surface area contributed by atoms with E-state index in [0.29, 0.717) is 9.90 Å². The molecular weight excluding hydrogens is 301 g/mol. The first kappa shape index (κ1) is 13.0. The van der Waals surface area contributed by atoms with Gasteiger partial charge in [-0.15, -0.1) is 11.3 Å². The molecule has 0 fully saturated rings. The van der Waals surface area contributed by atoms with Gasteiger partial charge in [-0.05, 0) is 42.5 Å². The topological polar surface area (TPSA) is 38.7 Å². The Hall–Kier alpha value is -1.98. The van der Waals surface area contributed by atoms with E-state index in [4.69, 9.17) is 16.3 Å². The Kier molecular flexibility index (Phi) is 3.38. The zero-order chi connectivity index (χ0) is 14.1. The van der Waals surface area contributed by atoms with Crippen molar-refractivity contribution in [2.24, 2.45) is 4.99 Å². The lowest BCUT2D eigenvalue weighted by Gasteiger charge is -1.98. The molecule has 0 atom stereocenters. The third-order valence-electron chi connectivity index (χ3n) is 2.58. The summed E-state index contributed by atoms with van der Waals surface area (Å²) in [6, 6.07) is 9.11. The molecule has 0 saturated carbocycles. The number of cyclic esters (lactones) is 1. The number of esters is 1. The summed E-state index contributed by atoms with van der Waals surface area (Å²) in [5.74, 6) is -0.722. The van der Waals surface area contributed by atoms with E-state index < -0.39 is 5.97 Å². The van der Waals surface area contributed by atoms with Crippen LogP contribution in [0.3, 0.4) is 0 Å². The number of carbonyl (C=O) groups is 1. The molecule has 100 valence electrons. The summed E-state index contributed by atoms with van der Waals surface area (Å²) in [5.41, 5.74) is 0.746. The molecule has 3 nitrogen and oxygen atoms in total. The van der Waals surface area contributed by atoms with Crippen LogP contribution in [0.1, 0.15) is 10.4 Å². The van der Waals surface area contributed by atoms with Crippen molar-refractivity contribution in [3.63, 3.8) is 0 Å². The summed E-state index contributed by atoms with van der Waals surface area (Å²) in [7, 11) is 0. The van der Waals surface area contributed by atoms with E-state index in [-0.39, 0.29) is 17.4 Å². The molecule has 0 amide bonds. The summed E-state index contributed by atoms with van der Waals surface area (Å²) in [6.07, 6.45) is 1.61. The van der Waals surface area contributed by atoms with Crippen LogP contribution in [0.25, 0.3) is 6.08 Å². The summed E-state index contributed by atoms with van der Waals surface area (Å²) >= 11 is 7.16. The zero-order valence-corrected chi connectivity index (χ0v) is 11.5. The Bertz CT molecular complexity index is 734. The van der Waals surface area contributed by atoms with Gasteiger partial charge in [0.15, 0.2) is 5.70 Å². The Balaban J connectivity index is 1.92. The molecule has 0 N–H and O–H groups in total. The summed E-state index contributed by atoms with van der Waals surface area (Å²) in [5, 5.41) is 0. The van der Waals surface area contributed by atoms with Gasteiger partial charge in [0.2, 0.25) is 5.90 Å². The Morgan fingerprint density at radius 1 is 1.20 bits per heavy atom. The molecule has 0 radical (unpaired) electrons. The summed E-state index contributed by atoms with van der Waals surface area (Å²) in [4.78, 5) is 16.7. The van der Waals surface area contributed by atoms with E-state index in [1.807, 2.05) is 0 Å². The van der Waals surface area contributed by atoms with Crippen LogP contribution in [0.15, 0.2) is 47.1 Å². The molecule has 1 aromatic heterocycles. The van der Waals surface area contributed by atoms with Gasteiger partial charge in [0.25, 0.3) is 0 Å². The number of thiophene rings is 1. The number of hydrogen-bond donors (Lipinski definition) is 0. The number of hydrogen-bond acceptors (Lipinski definition) is 4. The Labute approximate surface area is 123 Å². The molecular formula is C14H7ClFNO2S. The smallest absolute Gasteiger partial charge is 0.363 e. The highest BCUT2D eigenvalue weighted by Crippen LogP contribution is 2.26. The van der Waals surface area contributed by atoms with Gasteiger partial charge in [-0.2, -0.15) is 0 Å². The van der Waals surface area contributed by atoms with Crippen molar-refractivity contribution in [1.82, 2.24) is 0 Å². The molecule has 0 bridgehead atoms. The van der Waals surface area contributed by atoms with Crippen molar-refractivity contribution in [1.29, 1.82) is 0 Å². The third kappa shape index (κ3) is 2.64. The van der Waals surface area contributed by atoms with Crippen LogP contribution in [0, 0.1) is 5.82 Å². The molecule has 3 rings (SSSR count). The van der Waals surface area contributed by atoms with E-state index in [9.17, 15) is 9.18 Å². The maximum Gasteiger partial charge on any atom is 0.363 e. The second kappa shape index (κ2) is 5.19. The summed E-state index contributed by atoms with van der Waals surface area (Å²) < 4.78 is 18.5. The lowest BCUT2D eigenvalue weighted by molar-refractivity contribution is -0.129. The minimum atomic E-state index is -0.533. The van der Waals surface area contributed by atoms with Crippen molar-refractivity contribution in [3.05, 3.63) is 62.7 Å². The van der Waals surface area contributed by atoms with Gasteiger partial charge >= 0.3 is 5.97 Å². The number of nitrogens with zero attached hydrogens (tertiary/aromatic N) is 1. The molecule has 1 aliphatic rings. The number of aliphatic imine (C=N–C) groups is 1. The van der Waals surface area contributed by atoms with Gasteiger partial charge in [0, 0.05) is 10.4 Å². The fourth-order valence-electron chi connectivity index (χ4n) is 1.67. The maximum atomic E-state index is 12.8. The lowest BCUT2D eigenvalue weighted by Crippen LogP contribution is -2.05. The predicted octanol–water partition coefficient (Wildman–Crippen LogP) is 3.89. The monoisotopic (exact) mass is 307 g/mol. The fourth-order valence-corrected chi connectivity index (χ4v) is 2.66. The number of halogens is 2. The van der Waals surface area contributed by atoms with Crippen molar-refractivity contribution >= 4 is 40.9 Å². The normalized spacial score (nSPS) is 16.4. The van der Waals surface area contributed by atoms with E-state index in [1.54, 1.807) is 18.2 Å². The Morgan fingerprint density at radius 2 is 1.95 bits per heavy atom. The molecule has 6 heteroatoms. The van der Waals surface area contributed by atoms with Gasteiger partial charge in [-0.1, -0.05) is 11.6 Å². The second-order valence-electron chi connectivity index (χ2n) is 3.98. The molecule has 0 spiro atoms. The van der Waals surface area contributed by atoms with Crippen LogP contribution in [0.2, 0.25) is 4.34 Å². The van der Waals surface area contributed by atoms with Crippen molar-refractivity contribution in [2.45, 2.75) is 0 Å². The number of benzene rings is 1. The summed E-state index contributed by atoms with van der Waals surface area (Å²) in [6.45, 7) is 0. The SMILES string of the molecule is O=C1OC(c2ccc(F)cc2)=NC1=Cc1ccc(Cl)s1. The molecule has 2 aromatic rings. The fraction of sp³-hybridized carbons (Fsp3) is 0. The highest BCUT2D eigenvalue weighted by molar-refractivity contribution is 7.17. The zero-order valence-electron chi connectivity index (χ0n) is 9.97. The van der Waals surface area contributed by atoms with Crippen LogP contribution in [0.5, 0.6) is 0 Å². The van der Waals surface area contributed by atoms with E-state index in [1.165, 1.54) is 35.6 Å². The first-order chi connectivity index (χ1) is 9.61. The van der Waals surface area contributed by atoms with Gasteiger partial charge in [0.05, 0.1) is 4.34 Å². The van der Waals surface area contributed by atoms with Crippen molar-refractivity contribution in [2.75, 3.05) is 0 Å². The van der Waals surface area contributed by atoms with Crippen molar-refractivity contribution in [3.8, 4) is 0 Å². The molecule has 0 unspecified atom stereocenters. The standard InChI is InChI=1S/C14H7ClFNO2S/c15-12-6-5-10(20-12)7-11-14(18)19-13(17-11)8-1-3-9(16)4-2-8/h1-7H. The van der Waals surface area contributed by atoms with E-state index in [2.05, 4.69) is 4.99 Å². The maximum absolute atomic E-state index is 12.8. The van der Waals surface area contributed by atoms with Gasteiger partial charge in [-0.25, -0.2) is 14.2 Å². The average molecular weight is 308 g/mol. The van der Waals surface area contributed by atoms with E-state index >= 15 is 0 Å². The molecule has 1 aliphatic heterocycles. The highest BCUT2D eigenvalue weighted by atomic mass is 35.5. The minimum absolute atomic E-state index is 0.170. The van der Waals surface area contributed by atoms with Gasteiger partial charge < -0.3 is 4.74 Å². The van der Waals surface area contributed by atoms with Crippen LogP contribution < -0.4 is 0 Å². The van der Waals surface area contributed by atoms with E-state index in [0.717, 1.165) is 4.88 Å². The lowest BCUT2D eigenvalue weighted by atomic mass is 10.2. The van der Waals surface area contributed by atoms with Gasteiger partial charge in [-0.3, -0.25) is 0 Å². The van der Waals surface area contributed by atoms with Crippen LogP contribution in [-0.2, 0) is 9.53 Å². The average Bonchev–Trinajstić information content (AvgIpc) is 2.98. The van der Waals surface area contributed by atoms with Crippen LogP contribution in [-0.4, -0.2) is 11.9 Å². The third-order valence-corrected chi connectivity index (χ3v) is 3.76. The van der Waals surface area contributed by atoms with Crippen LogP contribution in [0.4, 0.5) is 4.39 Å². The van der Waals surface area contributed by atoms with Gasteiger partial charge in [0.1, 0.15) is 5.82 Å². The number of rotatable bonds is 2. The second-order valence-corrected chi connectivity index (χ2v) is 5.73. The minimum Gasteiger partial charge on any atom is -0.402 e. The molecule has 1 aromatic carbocycles. The molecule has 2 heterocycles. The first-order valence-electron chi connectivity index (χ1n) is 5.66. The number of ether oxygens (including phenoxy) is 1. The molecule has 0 aliphatic carbocycles. The predicted molar refractivity (Wildman–Crippen MR) is 76.3 cm³/mol. The molecule has 20 heavy (non-hydrogen) atoms. The quantitative estimate of drug-likeness (QED) is 0.624. The largest absolute Gasteiger partial charge is 0.402 e. The van der Waals surface area contributed by atoms with Crippen LogP contribution >= 0.6 is 22.9 Å². The number of carbonyl (C=O) groups excluding carboxylic acids is 1. The highest BCUT2D eigenvalue weighted by Gasteiger charge is 2.24. The molecule has 0 saturated heterocycles. The Morgan fingerprint density at radius 3 is 2.60 bits per heavy atom. The first-order valence-corrected chi connectivity index (χ1v) is 6.85. The van der Waals surface area contributed by atoms with Crippen molar-refractivity contribution < 1.29 is 13.9 Å².